The van der Waals surface area contributed by atoms with E-state index in [2.05, 4.69) is 0 Å². The Morgan fingerprint density at radius 3 is 2.69 bits per heavy atom. The van der Waals surface area contributed by atoms with Crippen molar-refractivity contribution in [1.29, 1.82) is 0 Å². The molecule has 70 valence electrons. The maximum atomic E-state index is 10.4. The van der Waals surface area contributed by atoms with Crippen LogP contribution in [0.2, 0.25) is 0 Å². The third-order valence-corrected chi connectivity index (χ3v) is 2.09. The maximum absolute atomic E-state index is 10.4. The van der Waals surface area contributed by atoms with E-state index in [1.54, 1.807) is 0 Å². The first-order chi connectivity index (χ1) is 6.13. The van der Waals surface area contributed by atoms with Gasteiger partial charge in [0.15, 0.2) is 17.4 Å². The van der Waals surface area contributed by atoms with Gasteiger partial charge in [-0.3, -0.25) is 4.79 Å². The summed E-state index contributed by atoms with van der Waals surface area (Å²) in [7, 11) is 0. The van der Waals surface area contributed by atoms with Crippen LogP contribution in [-0.4, -0.2) is 20.2 Å². The van der Waals surface area contributed by atoms with Crippen molar-refractivity contribution in [2.75, 3.05) is 0 Å². The topological polar surface area (TPSA) is 74.6 Å². The molecule has 0 aliphatic carbocycles. The lowest BCUT2D eigenvalue weighted by molar-refractivity contribution is 0.112. The molecule has 1 aromatic rings. The summed E-state index contributed by atoms with van der Waals surface area (Å²) in [6.07, 6.45) is 0.499. The van der Waals surface area contributed by atoms with E-state index in [-0.39, 0.29) is 17.1 Å². The average molecular weight is 200 g/mol. The Morgan fingerprint density at radius 2 is 2.15 bits per heavy atom. The van der Waals surface area contributed by atoms with Gasteiger partial charge < -0.3 is 9.66 Å². The Morgan fingerprint density at radius 1 is 1.46 bits per heavy atom. The smallest absolute Gasteiger partial charge is 0.157 e. The minimum atomic E-state index is -1.93. The van der Waals surface area contributed by atoms with Crippen LogP contribution in [-0.2, 0) is 16.8 Å². The number of aromatic hydroxyl groups is 1. The van der Waals surface area contributed by atoms with E-state index in [0.29, 0.717) is 11.8 Å². The molecule has 0 heterocycles. The van der Waals surface area contributed by atoms with Gasteiger partial charge in [-0.2, -0.15) is 0 Å². The van der Waals surface area contributed by atoms with Crippen LogP contribution in [0.4, 0.5) is 0 Å². The predicted molar refractivity (Wildman–Crippen MR) is 48.0 cm³/mol. The van der Waals surface area contributed by atoms with E-state index in [1.807, 2.05) is 0 Å². The van der Waals surface area contributed by atoms with Gasteiger partial charge in [-0.25, -0.2) is 4.21 Å². The van der Waals surface area contributed by atoms with Gasteiger partial charge in [-0.05, 0) is 17.7 Å². The minimum absolute atomic E-state index is 0.0406. The fraction of sp³-hybridized carbons (Fsp3) is 0.125. The molecule has 1 atom stereocenters. The Kier molecular flexibility index (Phi) is 3.16. The molecular weight excluding hydrogens is 192 g/mol. The third-order valence-electron chi connectivity index (χ3n) is 1.51. The van der Waals surface area contributed by atoms with Crippen LogP contribution >= 0.6 is 0 Å². The highest BCUT2D eigenvalue weighted by molar-refractivity contribution is 7.78. The lowest BCUT2D eigenvalue weighted by Crippen LogP contribution is -1.94. The molecule has 0 bridgehead atoms. The van der Waals surface area contributed by atoms with Crippen molar-refractivity contribution in [3.63, 3.8) is 0 Å². The highest BCUT2D eigenvalue weighted by Crippen LogP contribution is 2.16. The lowest BCUT2D eigenvalue weighted by atomic mass is 10.1. The average Bonchev–Trinajstić information content (AvgIpc) is 2.07. The number of carbonyl (C=O) groups is 1. The lowest BCUT2D eigenvalue weighted by Gasteiger charge is -2.00. The van der Waals surface area contributed by atoms with E-state index >= 15 is 0 Å². The molecule has 2 N–H and O–H groups in total. The second-order valence-electron chi connectivity index (χ2n) is 2.48. The van der Waals surface area contributed by atoms with Gasteiger partial charge in [0.25, 0.3) is 0 Å². The minimum Gasteiger partial charge on any atom is -0.507 e. The predicted octanol–water partition coefficient (Wildman–Crippen LogP) is 0.926. The fourth-order valence-corrected chi connectivity index (χ4v) is 1.40. The standard InChI is InChI=1S/C8H8O4S/c9-4-7-3-6(5-13(11)12)1-2-8(7)10/h1-4,10H,5H2,(H,11,12). The van der Waals surface area contributed by atoms with Crippen LogP contribution in [0.15, 0.2) is 18.2 Å². The monoisotopic (exact) mass is 200 g/mol. The number of rotatable bonds is 3. The van der Waals surface area contributed by atoms with E-state index in [1.165, 1.54) is 18.2 Å². The zero-order chi connectivity index (χ0) is 9.84. The van der Waals surface area contributed by atoms with Gasteiger partial charge in [0.2, 0.25) is 0 Å². The van der Waals surface area contributed by atoms with Gasteiger partial charge >= 0.3 is 0 Å². The Bertz CT molecular complexity index is 348. The highest BCUT2D eigenvalue weighted by atomic mass is 32.2. The Balaban J connectivity index is 2.99. The van der Waals surface area contributed by atoms with Crippen molar-refractivity contribution in [3.8, 4) is 5.75 Å². The van der Waals surface area contributed by atoms with Crippen molar-refractivity contribution in [2.24, 2.45) is 0 Å². The molecule has 0 saturated heterocycles. The molecule has 0 fully saturated rings. The van der Waals surface area contributed by atoms with E-state index in [0.717, 1.165) is 0 Å². The molecule has 1 aromatic carbocycles. The maximum Gasteiger partial charge on any atom is 0.157 e. The number of carbonyl (C=O) groups excluding carboxylic acids is 1. The summed E-state index contributed by atoms with van der Waals surface area (Å²) >= 11 is -1.93. The molecule has 0 aromatic heterocycles. The highest BCUT2D eigenvalue weighted by Gasteiger charge is 2.03. The molecule has 0 amide bonds. The number of phenols is 1. The molecule has 13 heavy (non-hydrogen) atoms. The SMILES string of the molecule is O=Cc1cc(CS(=O)O)ccc1O. The normalized spacial score (nSPS) is 12.4. The van der Waals surface area contributed by atoms with Crippen molar-refractivity contribution < 1.29 is 18.7 Å². The van der Waals surface area contributed by atoms with Gasteiger partial charge in [0.05, 0.1) is 11.3 Å². The summed E-state index contributed by atoms with van der Waals surface area (Å²) in [4.78, 5) is 10.4. The van der Waals surface area contributed by atoms with Gasteiger partial charge in [-0.1, -0.05) is 6.07 Å². The molecule has 5 heteroatoms. The second-order valence-corrected chi connectivity index (χ2v) is 3.41. The Labute approximate surface area is 77.5 Å². The molecule has 0 aliphatic heterocycles. The molecule has 1 unspecified atom stereocenters. The summed E-state index contributed by atoms with van der Waals surface area (Å²) in [6, 6.07) is 4.21. The quantitative estimate of drug-likeness (QED) is 0.562. The number of benzene rings is 1. The second kappa shape index (κ2) is 4.15. The van der Waals surface area contributed by atoms with Gasteiger partial charge in [0, 0.05) is 0 Å². The van der Waals surface area contributed by atoms with Gasteiger partial charge in [-0.15, -0.1) is 0 Å². The van der Waals surface area contributed by atoms with Crippen LogP contribution < -0.4 is 0 Å². The summed E-state index contributed by atoms with van der Waals surface area (Å²) in [5, 5.41) is 9.10. The van der Waals surface area contributed by atoms with Crippen LogP contribution in [0.25, 0.3) is 0 Å². The van der Waals surface area contributed by atoms with Crippen LogP contribution in [0.3, 0.4) is 0 Å². The van der Waals surface area contributed by atoms with E-state index in [9.17, 15) is 9.00 Å². The van der Waals surface area contributed by atoms with Crippen LogP contribution in [0.5, 0.6) is 5.75 Å². The molecule has 0 aliphatic rings. The largest absolute Gasteiger partial charge is 0.507 e. The molecule has 1 rings (SSSR count). The van der Waals surface area contributed by atoms with Crippen molar-refractivity contribution >= 4 is 17.4 Å². The van der Waals surface area contributed by atoms with Crippen molar-refractivity contribution in [3.05, 3.63) is 29.3 Å². The number of hydrogen-bond acceptors (Lipinski definition) is 3. The third kappa shape index (κ3) is 2.64. The number of phenolic OH excluding ortho intramolecular Hbond substituents is 1. The van der Waals surface area contributed by atoms with Gasteiger partial charge in [0.1, 0.15) is 5.75 Å². The number of hydrogen-bond donors (Lipinski definition) is 2. The molecule has 0 radical (unpaired) electrons. The molecule has 0 spiro atoms. The summed E-state index contributed by atoms with van der Waals surface area (Å²) in [5.74, 6) is -0.163. The first-order valence-electron chi connectivity index (χ1n) is 3.48. The summed E-state index contributed by atoms with van der Waals surface area (Å²) < 4.78 is 19.0. The molecule has 4 nitrogen and oxygen atoms in total. The fourth-order valence-electron chi connectivity index (χ4n) is 0.931. The first kappa shape index (κ1) is 9.88. The zero-order valence-corrected chi connectivity index (χ0v) is 7.45. The molecule has 0 saturated carbocycles. The van der Waals surface area contributed by atoms with Crippen LogP contribution in [0.1, 0.15) is 15.9 Å². The van der Waals surface area contributed by atoms with Crippen molar-refractivity contribution in [1.82, 2.24) is 0 Å². The Hall–Kier alpha value is -1.20. The summed E-state index contributed by atoms with van der Waals surface area (Å²) in [6.45, 7) is 0. The van der Waals surface area contributed by atoms with Crippen molar-refractivity contribution in [2.45, 2.75) is 5.75 Å². The summed E-state index contributed by atoms with van der Waals surface area (Å²) in [5.41, 5.74) is 0.670. The van der Waals surface area contributed by atoms with E-state index in [4.69, 9.17) is 9.66 Å². The van der Waals surface area contributed by atoms with E-state index < -0.39 is 11.1 Å². The first-order valence-corrected chi connectivity index (χ1v) is 4.75. The number of aldehydes is 1. The van der Waals surface area contributed by atoms with Crippen LogP contribution in [0, 0.1) is 0 Å². The zero-order valence-electron chi connectivity index (χ0n) is 6.64. The molecular formula is C8H8O4S.